The topological polar surface area (TPSA) is 79.0 Å². The van der Waals surface area contributed by atoms with Crippen LogP contribution in [0.25, 0.3) is 10.9 Å². The molecule has 8 heteroatoms. The van der Waals surface area contributed by atoms with Crippen LogP contribution >= 0.6 is 22.9 Å². The summed E-state index contributed by atoms with van der Waals surface area (Å²) in [7, 11) is 1.63. The molecule has 2 heterocycles. The van der Waals surface area contributed by atoms with Crippen molar-refractivity contribution in [2.24, 2.45) is 0 Å². The molecule has 0 amide bonds. The van der Waals surface area contributed by atoms with E-state index in [-0.39, 0.29) is 5.78 Å². The normalized spacial score (nSPS) is 10.8. The lowest BCUT2D eigenvalue weighted by atomic mass is 10.1. The number of carbonyl (C=O) groups is 1. The second kappa shape index (κ2) is 8.97. The van der Waals surface area contributed by atoms with Crippen LogP contribution in [0.1, 0.15) is 15.2 Å². The van der Waals surface area contributed by atoms with E-state index in [1.807, 2.05) is 60.7 Å². The average molecular weight is 475 g/mol. The quantitative estimate of drug-likeness (QED) is 0.221. The summed E-state index contributed by atoms with van der Waals surface area (Å²) in [4.78, 5) is 21.9. The number of hydrogen-bond acceptors (Lipinski definition) is 6. The fourth-order valence-corrected chi connectivity index (χ4v) is 4.48. The van der Waals surface area contributed by atoms with Crippen LogP contribution in [0.3, 0.4) is 0 Å². The number of nitrogens with one attached hydrogen (secondary N) is 3. The number of para-hydroxylation sites is 1. The predicted octanol–water partition coefficient (Wildman–Crippen LogP) is 7.00. The summed E-state index contributed by atoms with van der Waals surface area (Å²) in [5.74, 6) is 1.14. The number of hydrogen-bond donors (Lipinski definition) is 3. The van der Waals surface area contributed by atoms with Gasteiger partial charge in [-0.25, -0.2) is 4.98 Å². The summed E-state index contributed by atoms with van der Waals surface area (Å²) in [6.07, 6.45) is 1.75. The van der Waals surface area contributed by atoms with Gasteiger partial charge in [0.2, 0.25) is 5.78 Å². The van der Waals surface area contributed by atoms with Gasteiger partial charge in [0.15, 0.2) is 10.9 Å². The molecule has 0 saturated heterocycles. The highest BCUT2D eigenvalue weighted by molar-refractivity contribution is 7.18. The Morgan fingerprint density at radius 3 is 2.42 bits per heavy atom. The minimum atomic E-state index is -0.107. The number of rotatable bonds is 7. The Balaban J connectivity index is 1.52. The van der Waals surface area contributed by atoms with Crippen molar-refractivity contribution >= 4 is 61.9 Å². The van der Waals surface area contributed by atoms with Crippen molar-refractivity contribution in [3.05, 3.63) is 94.5 Å². The highest BCUT2D eigenvalue weighted by Crippen LogP contribution is 2.35. The summed E-state index contributed by atoms with van der Waals surface area (Å²) in [5.41, 5.74) is 3.14. The molecule has 33 heavy (non-hydrogen) atoms. The van der Waals surface area contributed by atoms with Gasteiger partial charge in [-0.3, -0.25) is 4.79 Å². The summed E-state index contributed by atoms with van der Waals surface area (Å²) >= 11 is 7.31. The molecule has 0 saturated carbocycles. The third kappa shape index (κ3) is 4.41. The van der Waals surface area contributed by atoms with Crippen molar-refractivity contribution in [3.63, 3.8) is 0 Å². The number of thiazole rings is 1. The zero-order chi connectivity index (χ0) is 22.8. The van der Waals surface area contributed by atoms with Crippen molar-refractivity contribution in [1.29, 1.82) is 0 Å². The molecule has 0 bridgehead atoms. The number of aromatic nitrogens is 2. The van der Waals surface area contributed by atoms with Crippen molar-refractivity contribution in [2.45, 2.75) is 0 Å². The van der Waals surface area contributed by atoms with Gasteiger partial charge in [-0.05, 0) is 54.6 Å². The van der Waals surface area contributed by atoms with Gasteiger partial charge in [0, 0.05) is 39.1 Å². The average Bonchev–Trinajstić information content (AvgIpc) is 3.45. The van der Waals surface area contributed by atoms with E-state index >= 15 is 0 Å². The maximum absolute atomic E-state index is 13.6. The zero-order valence-corrected chi connectivity index (χ0v) is 19.1. The Morgan fingerprint density at radius 2 is 1.67 bits per heavy atom. The minimum absolute atomic E-state index is 0.107. The van der Waals surface area contributed by atoms with Crippen LogP contribution in [0.4, 0.5) is 22.3 Å². The third-order valence-corrected chi connectivity index (χ3v) is 6.34. The Bertz CT molecular complexity index is 1430. The van der Waals surface area contributed by atoms with E-state index < -0.39 is 0 Å². The molecule has 5 aromatic rings. The molecule has 3 aromatic carbocycles. The number of ether oxygens (including phenoxy) is 1. The Kier molecular flexibility index (Phi) is 5.73. The van der Waals surface area contributed by atoms with E-state index in [2.05, 4.69) is 20.6 Å². The van der Waals surface area contributed by atoms with Gasteiger partial charge in [0.25, 0.3) is 0 Å². The number of nitrogens with zero attached hydrogens (tertiary/aromatic N) is 1. The molecule has 0 unspecified atom stereocenters. The molecular weight excluding hydrogens is 456 g/mol. The van der Waals surface area contributed by atoms with Crippen LogP contribution in [0.15, 0.2) is 79.0 Å². The number of fused-ring (bicyclic) bond motifs is 1. The lowest BCUT2D eigenvalue weighted by Gasteiger charge is -2.06. The summed E-state index contributed by atoms with van der Waals surface area (Å²) in [6, 6.07) is 22.5. The van der Waals surface area contributed by atoms with Crippen LogP contribution in [-0.4, -0.2) is 22.9 Å². The first-order valence-corrected chi connectivity index (χ1v) is 11.4. The van der Waals surface area contributed by atoms with E-state index in [9.17, 15) is 4.79 Å². The van der Waals surface area contributed by atoms with Crippen LogP contribution in [0.5, 0.6) is 5.75 Å². The number of carbonyl (C=O) groups excluding carboxylic acids is 1. The van der Waals surface area contributed by atoms with Crippen LogP contribution < -0.4 is 15.4 Å². The predicted molar refractivity (Wildman–Crippen MR) is 135 cm³/mol. The van der Waals surface area contributed by atoms with Gasteiger partial charge in [0.05, 0.1) is 7.11 Å². The van der Waals surface area contributed by atoms with Gasteiger partial charge in [-0.15, -0.1) is 0 Å². The Hall–Kier alpha value is -3.81. The molecule has 0 spiro atoms. The molecule has 2 aromatic heterocycles. The van der Waals surface area contributed by atoms with Gasteiger partial charge in [-0.1, -0.05) is 41.1 Å². The molecule has 0 aliphatic rings. The van der Waals surface area contributed by atoms with E-state index in [1.165, 1.54) is 11.3 Å². The Morgan fingerprint density at radius 1 is 0.970 bits per heavy atom. The lowest BCUT2D eigenvalue weighted by molar-refractivity contribution is 0.104. The molecule has 0 radical (unpaired) electrons. The van der Waals surface area contributed by atoms with Crippen molar-refractivity contribution < 1.29 is 9.53 Å². The molecule has 3 N–H and O–H groups in total. The van der Waals surface area contributed by atoms with E-state index in [0.717, 1.165) is 28.0 Å². The molecule has 0 fully saturated rings. The lowest BCUT2D eigenvalue weighted by Crippen LogP contribution is -2.02. The fraction of sp³-hybridized carbons (Fsp3) is 0.0400. The molecule has 6 nitrogen and oxygen atoms in total. The third-order valence-electron chi connectivity index (χ3n) is 5.12. The highest BCUT2D eigenvalue weighted by atomic mass is 35.5. The summed E-state index contributed by atoms with van der Waals surface area (Å²) in [5, 5.41) is 8.65. The summed E-state index contributed by atoms with van der Waals surface area (Å²) < 4.78 is 5.22. The smallest absolute Gasteiger partial charge is 0.209 e. The number of aromatic amines is 1. The molecular formula is C25H19ClN4O2S. The number of halogens is 1. The molecule has 164 valence electrons. The highest BCUT2D eigenvalue weighted by Gasteiger charge is 2.22. The van der Waals surface area contributed by atoms with E-state index in [1.54, 1.807) is 25.4 Å². The number of benzene rings is 3. The Labute approximate surface area is 199 Å². The van der Waals surface area contributed by atoms with Gasteiger partial charge in [-0.2, -0.15) is 0 Å². The van der Waals surface area contributed by atoms with Crippen LogP contribution in [0.2, 0.25) is 5.02 Å². The van der Waals surface area contributed by atoms with Crippen molar-refractivity contribution in [2.75, 3.05) is 17.7 Å². The van der Waals surface area contributed by atoms with E-state index in [4.69, 9.17) is 16.3 Å². The standard InChI is InChI=1S/C25H19ClN4O2S/c1-32-18-12-10-17(11-13-18)29-25-30-24(28-16-8-6-15(26)7-9-16)23(33-25)22(31)20-14-27-21-5-3-2-4-19(20)21/h2-14,27-28H,1H3,(H,29,30). The number of ketones is 1. The first kappa shape index (κ1) is 21.1. The second-order valence-corrected chi connectivity index (χ2v) is 8.69. The maximum Gasteiger partial charge on any atom is 0.209 e. The van der Waals surface area contributed by atoms with Crippen molar-refractivity contribution in [1.82, 2.24) is 9.97 Å². The second-order valence-electron chi connectivity index (χ2n) is 7.26. The summed E-state index contributed by atoms with van der Waals surface area (Å²) in [6.45, 7) is 0. The largest absolute Gasteiger partial charge is 0.497 e. The van der Waals surface area contributed by atoms with Crippen molar-refractivity contribution in [3.8, 4) is 5.75 Å². The monoisotopic (exact) mass is 474 g/mol. The van der Waals surface area contributed by atoms with Crippen LogP contribution in [-0.2, 0) is 0 Å². The SMILES string of the molecule is COc1ccc(Nc2nc(Nc3ccc(Cl)cc3)c(C(=O)c3c[nH]c4ccccc34)s2)cc1. The number of anilines is 4. The first-order valence-electron chi connectivity index (χ1n) is 10.2. The molecule has 5 rings (SSSR count). The maximum atomic E-state index is 13.6. The van der Waals surface area contributed by atoms with E-state index in [0.29, 0.717) is 26.4 Å². The number of methoxy groups -OCH3 is 1. The van der Waals surface area contributed by atoms with Gasteiger partial charge >= 0.3 is 0 Å². The van der Waals surface area contributed by atoms with Gasteiger partial charge in [0.1, 0.15) is 10.6 Å². The molecule has 0 aliphatic heterocycles. The molecule has 0 atom stereocenters. The fourth-order valence-electron chi connectivity index (χ4n) is 3.46. The minimum Gasteiger partial charge on any atom is -0.497 e. The van der Waals surface area contributed by atoms with Crippen LogP contribution in [0, 0.1) is 0 Å². The molecule has 0 aliphatic carbocycles. The number of H-pyrrole nitrogens is 1. The van der Waals surface area contributed by atoms with Gasteiger partial charge < -0.3 is 20.4 Å². The first-order chi connectivity index (χ1) is 16.1. The zero-order valence-electron chi connectivity index (χ0n) is 17.6.